The van der Waals surface area contributed by atoms with Crippen LogP contribution in [0.5, 0.6) is 11.5 Å². The average Bonchev–Trinajstić information content (AvgIpc) is 2.57. The Hall–Kier alpha value is -2.60. The maximum atomic E-state index is 14.4. The van der Waals surface area contributed by atoms with Gasteiger partial charge in [0, 0.05) is 6.42 Å². The van der Waals surface area contributed by atoms with E-state index in [4.69, 9.17) is 21.1 Å². The van der Waals surface area contributed by atoms with Crippen LogP contribution in [0, 0.1) is 5.82 Å². The Morgan fingerprint density at radius 3 is 2.62 bits per heavy atom. The van der Waals surface area contributed by atoms with Crippen LogP contribution in [0.2, 0.25) is 5.02 Å². The summed E-state index contributed by atoms with van der Waals surface area (Å²) in [4.78, 5) is 23.0. The smallest absolute Gasteiger partial charge is 0.413 e. The van der Waals surface area contributed by atoms with E-state index in [0.29, 0.717) is 12.0 Å². The summed E-state index contributed by atoms with van der Waals surface area (Å²) in [5.41, 5.74) is -0.0119. The summed E-state index contributed by atoms with van der Waals surface area (Å²) in [6.07, 6.45) is -0.431. The van der Waals surface area contributed by atoms with Crippen molar-refractivity contribution in [1.29, 1.82) is 0 Å². The van der Waals surface area contributed by atoms with Crippen LogP contribution >= 0.6 is 11.6 Å². The molecule has 0 heterocycles. The van der Waals surface area contributed by atoms with Gasteiger partial charge in [-0.2, -0.15) is 0 Å². The monoisotopic (exact) mass is 351 g/mol. The van der Waals surface area contributed by atoms with Crippen molar-refractivity contribution in [3.63, 3.8) is 0 Å². The van der Waals surface area contributed by atoms with Crippen LogP contribution in [0.1, 0.15) is 18.0 Å². The molecule has 0 aliphatic rings. The third-order valence-corrected chi connectivity index (χ3v) is 3.53. The minimum Gasteiger partial charge on any atom is -0.496 e. The number of aldehydes is 1. The Morgan fingerprint density at radius 2 is 2.00 bits per heavy atom. The first-order valence-corrected chi connectivity index (χ1v) is 7.43. The summed E-state index contributed by atoms with van der Waals surface area (Å²) in [6, 6.07) is 10.2. The van der Waals surface area contributed by atoms with Crippen molar-refractivity contribution in [1.82, 2.24) is 5.32 Å². The van der Waals surface area contributed by atoms with Gasteiger partial charge in [0.2, 0.25) is 0 Å². The number of halogens is 2. The van der Waals surface area contributed by atoms with Gasteiger partial charge < -0.3 is 19.6 Å². The highest BCUT2D eigenvalue weighted by Crippen LogP contribution is 2.33. The SMILES string of the molecule is COc1ccc(Cl)c(F)c1C(CC=O)NC(=O)Oc1ccccc1. The van der Waals surface area contributed by atoms with E-state index in [2.05, 4.69) is 5.32 Å². The summed E-state index contributed by atoms with van der Waals surface area (Å²) in [6.45, 7) is 0. The number of amides is 1. The van der Waals surface area contributed by atoms with Crippen molar-refractivity contribution >= 4 is 24.0 Å². The van der Waals surface area contributed by atoms with Crippen molar-refractivity contribution in [3.05, 3.63) is 58.9 Å². The van der Waals surface area contributed by atoms with E-state index in [1.54, 1.807) is 30.3 Å². The first-order chi connectivity index (χ1) is 11.6. The topological polar surface area (TPSA) is 64.6 Å². The van der Waals surface area contributed by atoms with Gasteiger partial charge in [0.25, 0.3) is 0 Å². The molecule has 1 amide bonds. The number of carbonyl (C=O) groups excluding carboxylic acids is 2. The van der Waals surface area contributed by atoms with E-state index < -0.39 is 18.0 Å². The average molecular weight is 352 g/mol. The van der Waals surface area contributed by atoms with Gasteiger partial charge >= 0.3 is 6.09 Å². The number of methoxy groups -OCH3 is 1. The van der Waals surface area contributed by atoms with Gasteiger partial charge in [-0.3, -0.25) is 0 Å². The number of carbonyl (C=O) groups is 2. The second-order valence-electron chi connectivity index (χ2n) is 4.78. The second-order valence-corrected chi connectivity index (χ2v) is 5.19. The standard InChI is InChI=1S/C17H15ClFNO4/c1-23-14-8-7-12(18)16(19)15(14)13(9-10-21)20-17(22)24-11-5-3-2-4-6-11/h2-8,10,13H,9H2,1H3,(H,20,22). The van der Waals surface area contributed by atoms with Gasteiger partial charge in [0.05, 0.1) is 23.7 Å². The predicted octanol–water partition coefficient (Wildman–Crippen LogP) is 3.91. The Morgan fingerprint density at radius 1 is 1.29 bits per heavy atom. The molecule has 1 N–H and O–H groups in total. The molecule has 2 aromatic rings. The maximum absolute atomic E-state index is 14.4. The molecule has 5 nitrogen and oxygen atoms in total. The van der Waals surface area contributed by atoms with E-state index in [0.717, 1.165) is 0 Å². The Kier molecular flexibility index (Phi) is 6.14. The molecule has 126 valence electrons. The third-order valence-electron chi connectivity index (χ3n) is 3.24. The molecule has 2 rings (SSSR count). The Balaban J connectivity index is 2.25. The van der Waals surface area contributed by atoms with Crippen molar-refractivity contribution in [3.8, 4) is 11.5 Å². The molecule has 0 aromatic heterocycles. The third kappa shape index (κ3) is 4.23. The first kappa shape index (κ1) is 17.7. The molecule has 1 unspecified atom stereocenters. The summed E-state index contributed by atoms with van der Waals surface area (Å²) >= 11 is 5.79. The number of ether oxygens (including phenoxy) is 2. The van der Waals surface area contributed by atoms with Crippen LogP contribution in [0.25, 0.3) is 0 Å². The lowest BCUT2D eigenvalue weighted by molar-refractivity contribution is -0.108. The molecule has 0 aliphatic carbocycles. The van der Waals surface area contributed by atoms with E-state index in [1.807, 2.05) is 0 Å². The number of nitrogens with one attached hydrogen (secondary N) is 1. The highest BCUT2D eigenvalue weighted by atomic mass is 35.5. The maximum Gasteiger partial charge on any atom is 0.413 e. The lowest BCUT2D eigenvalue weighted by Crippen LogP contribution is -2.32. The van der Waals surface area contributed by atoms with Gasteiger partial charge in [-0.15, -0.1) is 0 Å². The van der Waals surface area contributed by atoms with Crippen molar-refractivity contribution in [2.45, 2.75) is 12.5 Å². The van der Waals surface area contributed by atoms with Crippen LogP contribution in [0.4, 0.5) is 9.18 Å². The van der Waals surface area contributed by atoms with E-state index in [1.165, 1.54) is 19.2 Å². The van der Waals surface area contributed by atoms with Crippen LogP contribution in [-0.2, 0) is 4.79 Å². The first-order valence-electron chi connectivity index (χ1n) is 7.05. The van der Waals surface area contributed by atoms with Gasteiger partial charge in [-0.1, -0.05) is 29.8 Å². The van der Waals surface area contributed by atoms with E-state index >= 15 is 0 Å². The van der Waals surface area contributed by atoms with Gasteiger partial charge in [-0.25, -0.2) is 9.18 Å². The number of para-hydroxylation sites is 1. The van der Waals surface area contributed by atoms with Gasteiger partial charge in [0.1, 0.15) is 17.8 Å². The van der Waals surface area contributed by atoms with Crippen molar-refractivity contribution in [2.24, 2.45) is 0 Å². The fraction of sp³-hybridized carbons (Fsp3) is 0.176. The fourth-order valence-corrected chi connectivity index (χ4v) is 2.33. The summed E-state index contributed by atoms with van der Waals surface area (Å²) in [5, 5.41) is 2.32. The molecule has 2 aromatic carbocycles. The minimum absolute atomic E-state index is 0.0119. The molecule has 0 saturated heterocycles. The largest absolute Gasteiger partial charge is 0.496 e. The van der Waals surface area contributed by atoms with Crippen LogP contribution in [-0.4, -0.2) is 19.5 Å². The number of hydrogen-bond donors (Lipinski definition) is 1. The lowest BCUT2D eigenvalue weighted by atomic mass is 10.0. The predicted molar refractivity (Wildman–Crippen MR) is 87.0 cm³/mol. The lowest BCUT2D eigenvalue weighted by Gasteiger charge is -2.20. The Bertz CT molecular complexity index is 724. The molecular weight excluding hydrogens is 337 g/mol. The molecule has 0 radical (unpaired) electrons. The quantitative estimate of drug-likeness (QED) is 0.801. The summed E-state index contributed by atoms with van der Waals surface area (Å²) in [7, 11) is 1.35. The van der Waals surface area contributed by atoms with Crippen LogP contribution in [0.3, 0.4) is 0 Å². The summed E-state index contributed by atoms with van der Waals surface area (Å²) in [5.74, 6) is -0.273. The molecule has 1 atom stereocenters. The van der Waals surface area contributed by atoms with Crippen LogP contribution < -0.4 is 14.8 Å². The second kappa shape index (κ2) is 8.31. The van der Waals surface area contributed by atoms with E-state index in [9.17, 15) is 14.0 Å². The molecule has 0 bridgehead atoms. The van der Waals surface area contributed by atoms with Gasteiger partial charge in [0.15, 0.2) is 5.82 Å². The highest BCUT2D eigenvalue weighted by Gasteiger charge is 2.24. The summed E-state index contributed by atoms with van der Waals surface area (Å²) < 4.78 is 24.6. The highest BCUT2D eigenvalue weighted by molar-refractivity contribution is 6.30. The fourth-order valence-electron chi connectivity index (χ4n) is 2.16. The normalized spacial score (nSPS) is 11.5. The van der Waals surface area contributed by atoms with Crippen molar-refractivity contribution in [2.75, 3.05) is 7.11 Å². The van der Waals surface area contributed by atoms with Gasteiger partial charge in [-0.05, 0) is 24.3 Å². The molecule has 0 fully saturated rings. The minimum atomic E-state index is -0.979. The number of benzene rings is 2. The molecule has 24 heavy (non-hydrogen) atoms. The molecule has 7 heteroatoms. The Labute approximate surface area is 143 Å². The molecule has 0 aliphatic heterocycles. The molecule has 0 spiro atoms. The zero-order chi connectivity index (χ0) is 17.5. The van der Waals surface area contributed by atoms with Crippen LogP contribution in [0.15, 0.2) is 42.5 Å². The zero-order valence-electron chi connectivity index (χ0n) is 12.8. The number of rotatable bonds is 6. The van der Waals surface area contributed by atoms with E-state index in [-0.39, 0.29) is 22.8 Å². The number of hydrogen-bond acceptors (Lipinski definition) is 4. The molecular formula is C17H15ClFNO4. The van der Waals surface area contributed by atoms with Crippen molar-refractivity contribution < 1.29 is 23.5 Å². The molecule has 0 saturated carbocycles. The zero-order valence-corrected chi connectivity index (χ0v) is 13.5.